The van der Waals surface area contributed by atoms with Crippen LogP contribution in [0.4, 0.5) is 0 Å². The minimum Gasteiger partial charge on any atom is -0.256 e. The molecular weight excluding hydrogens is 302 g/mol. The van der Waals surface area contributed by atoms with Crippen LogP contribution < -0.4 is 0 Å². The maximum Gasteiger partial charge on any atom is 0.0786 e. The monoisotopic (exact) mass is 325 g/mol. The fourth-order valence-electron chi connectivity index (χ4n) is 3.88. The van der Waals surface area contributed by atoms with Gasteiger partial charge in [-0.1, -0.05) is 61.4 Å². The molecule has 0 aliphatic rings. The van der Waals surface area contributed by atoms with Gasteiger partial charge in [-0.15, -0.1) is 0 Å². The van der Waals surface area contributed by atoms with Crippen LogP contribution in [0.1, 0.15) is 36.5 Å². The minimum absolute atomic E-state index is 0.474. The second-order valence-electron chi connectivity index (χ2n) is 7.30. The molecule has 0 spiro atoms. The van der Waals surface area contributed by atoms with E-state index >= 15 is 0 Å². The Kier molecular flexibility index (Phi) is 3.80. The quantitative estimate of drug-likeness (QED) is 0.369. The lowest BCUT2D eigenvalue weighted by Gasteiger charge is -2.16. The van der Waals surface area contributed by atoms with Crippen LogP contribution in [0.25, 0.3) is 32.8 Å². The molecule has 0 radical (unpaired) electrons. The third kappa shape index (κ3) is 2.70. The fraction of sp³-hybridized carbons (Fsp3) is 0.208. The van der Waals surface area contributed by atoms with Gasteiger partial charge in [-0.2, -0.15) is 0 Å². The first-order valence-electron chi connectivity index (χ1n) is 8.93. The van der Waals surface area contributed by atoms with Crippen LogP contribution in [-0.2, 0) is 0 Å². The fourth-order valence-corrected chi connectivity index (χ4v) is 3.88. The highest BCUT2D eigenvalue weighted by molar-refractivity contribution is 6.14. The number of benzene rings is 3. The molecule has 4 rings (SSSR count). The molecule has 0 N–H and O–H groups in total. The number of pyridine rings is 1. The van der Waals surface area contributed by atoms with Crippen molar-refractivity contribution in [2.75, 3.05) is 0 Å². The zero-order chi connectivity index (χ0) is 17.6. The molecule has 3 aromatic carbocycles. The maximum absolute atomic E-state index is 4.81. The Bertz CT molecular complexity index is 1070. The lowest BCUT2D eigenvalue weighted by molar-refractivity contribution is 0.878. The summed E-state index contributed by atoms with van der Waals surface area (Å²) in [5.74, 6) is 0.474. The van der Waals surface area contributed by atoms with E-state index < -0.39 is 0 Å². The largest absolute Gasteiger partial charge is 0.256 e. The number of aromatic nitrogens is 1. The summed E-state index contributed by atoms with van der Waals surface area (Å²) in [6.45, 7) is 8.83. The van der Waals surface area contributed by atoms with E-state index in [1.165, 1.54) is 43.8 Å². The Hall–Kier alpha value is -2.67. The van der Waals surface area contributed by atoms with Crippen molar-refractivity contribution < 1.29 is 0 Å². The number of hydrogen-bond donors (Lipinski definition) is 0. The van der Waals surface area contributed by atoms with Crippen molar-refractivity contribution in [1.82, 2.24) is 4.98 Å². The van der Waals surface area contributed by atoms with Gasteiger partial charge in [-0.3, -0.25) is 4.98 Å². The van der Waals surface area contributed by atoms with Crippen molar-refractivity contribution in [2.24, 2.45) is 0 Å². The van der Waals surface area contributed by atoms with E-state index in [9.17, 15) is 0 Å². The maximum atomic E-state index is 4.81. The van der Waals surface area contributed by atoms with E-state index in [4.69, 9.17) is 4.98 Å². The Morgan fingerprint density at radius 3 is 2.24 bits per heavy atom. The predicted molar refractivity (Wildman–Crippen MR) is 108 cm³/mol. The highest BCUT2D eigenvalue weighted by Gasteiger charge is 2.14. The van der Waals surface area contributed by atoms with Crippen molar-refractivity contribution in [3.63, 3.8) is 0 Å². The van der Waals surface area contributed by atoms with Crippen LogP contribution in [-0.4, -0.2) is 4.98 Å². The average Bonchev–Trinajstić information content (AvgIpc) is 2.59. The smallest absolute Gasteiger partial charge is 0.0786 e. The number of aryl methyl sites for hydroxylation is 2. The van der Waals surface area contributed by atoms with Gasteiger partial charge in [0.2, 0.25) is 0 Å². The molecule has 0 amide bonds. The zero-order valence-corrected chi connectivity index (χ0v) is 15.3. The molecule has 0 saturated carbocycles. The molecule has 0 fully saturated rings. The van der Waals surface area contributed by atoms with Crippen LogP contribution in [0.3, 0.4) is 0 Å². The van der Waals surface area contributed by atoms with Gasteiger partial charge in [0.15, 0.2) is 0 Å². The van der Waals surface area contributed by atoms with Gasteiger partial charge < -0.3 is 0 Å². The average molecular weight is 325 g/mol. The number of rotatable bonds is 2. The second-order valence-corrected chi connectivity index (χ2v) is 7.30. The Balaban J connectivity index is 2.19. The molecule has 1 heterocycles. The van der Waals surface area contributed by atoms with E-state index in [1.54, 1.807) is 0 Å². The summed E-state index contributed by atoms with van der Waals surface area (Å²) in [6.07, 6.45) is 1.95. The van der Waals surface area contributed by atoms with Gasteiger partial charge >= 0.3 is 0 Å². The van der Waals surface area contributed by atoms with Crippen LogP contribution in [0.5, 0.6) is 0 Å². The first kappa shape index (κ1) is 15.8. The van der Waals surface area contributed by atoms with Crippen LogP contribution >= 0.6 is 0 Å². The Labute approximate surface area is 149 Å². The molecule has 1 heteroatoms. The minimum atomic E-state index is 0.474. The van der Waals surface area contributed by atoms with Crippen molar-refractivity contribution >= 4 is 21.5 Å². The summed E-state index contributed by atoms with van der Waals surface area (Å²) in [5.41, 5.74) is 6.23. The second kappa shape index (κ2) is 6.00. The summed E-state index contributed by atoms with van der Waals surface area (Å²) >= 11 is 0. The Morgan fingerprint density at radius 2 is 1.52 bits per heavy atom. The van der Waals surface area contributed by atoms with E-state index in [-0.39, 0.29) is 0 Å². The summed E-state index contributed by atoms with van der Waals surface area (Å²) in [5, 5.41) is 5.16. The Morgan fingerprint density at radius 1 is 0.800 bits per heavy atom. The van der Waals surface area contributed by atoms with Gasteiger partial charge in [-0.05, 0) is 59.7 Å². The van der Waals surface area contributed by atoms with E-state index in [0.717, 1.165) is 5.69 Å². The summed E-state index contributed by atoms with van der Waals surface area (Å²) in [4.78, 5) is 4.81. The van der Waals surface area contributed by atoms with Crippen LogP contribution in [0.15, 0.2) is 60.8 Å². The molecule has 0 saturated heterocycles. The van der Waals surface area contributed by atoms with Gasteiger partial charge in [0.25, 0.3) is 0 Å². The molecule has 1 nitrogen and oxygen atoms in total. The third-order valence-electron chi connectivity index (χ3n) is 4.92. The molecular formula is C24H23N. The topological polar surface area (TPSA) is 12.9 Å². The van der Waals surface area contributed by atoms with Gasteiger partial charge in [0.05, 0.1) is 5.69 Å². The predicted octanol–water partition coefficient (Wildman–Crippen LogP) is 6.80. The zero-order valence-electron chi connectivity index (χ0n) is 15.3. The molecule has 1 aromatic heterocycles. The van der Waals surface area contributed by atoms with Gasteiger partial charge in [0, 0.05) is 17.1 Å². The highest BCUT2D eigenvalue weighted by atomic mass is 14.7. The van der Waals surface area contributed by atoms with Crippen LogP contribution in [0, 0.1) is 13.8 Å². The molecule has 4 aromatic rings. The van der Waals surface area contributed by atoms with E-state index in [0.29, 0.717) is 5.92 Å². The summed E-state index contributed by atoms with van der Waals surface area (Å²) in [7, 11) is 0. The van der Waals surface area contributed by atoms with Gasteiger partial charge in [-0.25, -0.2) is 0 Å². The van der Waals surface area contributed by atoms with Crippen molar-refractivity contribution in [3.05, 3.63) is 77.5 Å². The molecule has 0 atom stereocenters. The van der Waals surface area contributed by atoms with Crippen molar-refractivity contribution in [2.45, 2.75) is 33.6 Å². The lowest BCUT2D eigenvalue weighted by Crippen LogP contribution is -1.95. The lowest BCUT2D eigenvalue weighted by atomic mass is 9.89. The molecule has 0 bridgehead atoms. The number of nitrogens with zero attached hydrogens (tertiary/aromatic N) is 1. The summed E-state index contributed by atoms with van der Waals surface area (Å²) in [6, 6.07) is 19.9. The van der Waals surface area contributed by atoms with Crippen molar-refractivity contribution in [3.8, 4) is 11.3 Å². The molecule has 124 valence electrons. The van der Waals surface area contributed by atoms with Crippen LogP contribution in [0.2, 0.25) is 0 Å². The first-order chi connectivity index (χ1) is 12.0. The molecule has 25 heavy (non-hydrogen) atoms. The normalized spacial score (nSPS) is 11.6. The SMILES string of the molecule is Cc1cc(C)cc(-c2nccc3c(C(C)C)cc4ccccc4c23)c1. The standard InChI is InChI=1S/C24H23N/c1-15(2)22-14-18-7-5-6-8-20(18)23-21(22)9-10-25-24(23)19-12-16(3)11-17(4)13-19/h5-15H,1-4H3. The van der Waals surface area contributed by atoms with Crippen molar-refractivity contribution in [1.29, 1.82) is 0 Å². The summed E-state index contributed by atoms with van der Waals surface area (Å²) < 4.78 is 0. The number of fused-ring (bicyclic) bond motifs is 3. The highest BCUT2D eigenvalue weighted by Crippen LogP contribution is 2.37. The van der Waals surface area contributed by atoms with E-state index in [2.05, 4.69) is 82.3 Å². The van der Waals surface area contributed by atoms with E-state index in [1.807, 2.05) is 6.20 Å². The molecule has 0 aliphatic carbocycles. The molecule has 0 unspecified atom stereocenters. The number of hydrogen-bond acceptors (Lipinski definition) is 1. The van der Waals surface area contributed by atoms with Gasteiger partial charge in [0.1, 0.15) is 0 Å². The molecule has 0 aliphatic heterocycles. The third-order valence-corrected chi connectivity index (χ3v) is 4.92. The first-order valence-corrected chi connectivity index (χ1v) is 8.93.